The molecule has 21 heavy (non-hydrogen) atoms. The van der Waals surface area contributed by atoms with Gasteiger partial charge in [-0.15, -0.1) is 11.6 Å². The van der Waals surface area contributed by atoms with Gasteiger partial charge in [0.15, 0.2) is 0 Å². The second-order valence-corrected chi connectivity index (χ2v) is 5.46. The predicted octanol–water partition coefficient (Wildman–Crippen LogP) is 4.99. The van der Waals surface area contributed by atoms with E-state index < -0.39 is 5.76 Å². The number of rotatable bonds is 5. The van der Waals surface area contributed by atoms with E-state index in [0.717, 1.165) is 5.56 Å². The highest BCUT2D eigenvalue weighted by molar-refractivity contribution is 7.99. The molecule has 0 aliphatic rings. The Bertz CT molecular complexity index is 637. The lowest BCUT2D eigenvalue weighted by molar-refractivity contribution is 0.102. The highest BCUT2D eigenvalue weighted by Crippen LogP contribution is 2.31. The summed E-state index contributed by atoms with van der Waals surface area (Å²) in [5.74, 6) is -2.59. The zero-order valence-electron chi connectivity index (χ0n) is 10.9. The van der Waals surface area contributed by atoms with E-state index in [9.17, 15) is 13.6 Å². The van der Waals surface area contributed by atoms with Crippen LogP contribution in [0.1, 0.15) is 15.9 Å². The van der Waals surface area contributed by atoms with Gasteiger partial charge in [-0.25, -0.2) is 0 Å². The van der Waals surface area contributed by atoms with Gasteiger partial charge in [0.25, 0.3) is 11.7 Å². The van der Waals surface area contributed by atoms with Crippen molar-refractivity contribution in [2.24, 2.45) is 0 Å². The van der Waals surface area contributed by atoms with Crippen LogP contribution in [0, 0.1) is 0 Å². The molecule has 0 aromatic heterocycles. The largest absolute Gasteiger partial charge is 0.321 e. The number of nitrogens with one attached hydrogen (secondary N) is 1. The molecule has 0 saturated carbocycles. The smallest absolute Gasteiger partial charge is 0.288 e. The zero-order chi connectivity index (χ0) is 15.2. The summed E-state index contributed by atoms with van der Waals surface area (Å²) in [6.45, 7) is 0. The molecular formula is C15H12ClF2NOS. The number of anilines is 1. The van der Waals surface area contributed by atoms with Crippen LogP contribution in [-0.2, 0) is 5.88 Å². The second kappa shape index (κ2) is 7.43. The van der Waals surface area contributed by atoms with Gasteiger partial charge in [0.1, 0.15) is 0 Å². The van der Waals surface area contributed by atoms with Gasteiger partial charge in [-0.05, 0) is 29.8 Å². The minimum absolute atomic E-state index is 0.305. The van der Waals surface area contributed by atoms with Crippen molar-refractivity contribution in [1.82, 2.24) is 0 Å². The molecule has 1 N–H and O–H groups in total. The lowest BCUT2D eigenvalue weighted by Crippen LogP contribution is -2.12. The van der Waals surface area contributed by atoms with E-state index in [4.69, 9.17) is 11.6 Å². The molecule has 0 aliphatic carbocycles. The molecular weight excluding hydrogens is 316 g/mol. The molecule has 6 heteroatoms. The fraction of sp³-hybridized carbons (Fsp3) is 0.133. The minimum Gasteiger partial charge on any atom is -0.321 e. The fourth-order valence-electron chi connectivity index (χ4n) is 1.76. The third-order valence-corrected chi connectivity index (χ3v) is 3.79. The van der Waals surface area contributed by atoms with E-state index in [-0.39, 0.29) is 5.91 Å². The topological polar surface area (TPSA) is 29.1 Å². The Morgan fingerprint density at radius 1 is 1.19 bits per heavy atom. The van der Waals surface area contributed by atoms with Gasteiger partial charge in [0, 0.05) is 16.3 Å². The van der Waals surface area contributed by atoms with Crippen LogP contribution in [0.2, 0.25) is 0 Å². The minimum atomic E-state index is -2.54. The highest BCUT2D eigenvalue weighted by atomic mass is 35.5. The summed E-state index contributed by atoms with van der Waals surface area (Å²) in [5.41, 5.74) is 1.62. The van der Waals surface area contributed by atoms with Gasteiger partial charge in [0.2, 0.25) is 0 Å². The maximum Gasteiger partial charge on any atom is 0.288 e. The standard InChI is InChI=1S/C15H12ClF2NOS/c16-9-10-4-3-5-11(8-10)14(20)19-12-6-1-2-7-13(12)21-15(17)18/h1-8,15H,9H2,(H,19,20). The number of amides is 1. The molecule has 110 valence electrons. The van der Waals surface area contributed by atoms with Gasteiger partial charge >= 0.3 is 0 Å². The first-order valence-electron chi connectivity index (χ1n) is 6.10. The van der Waals surface area contributed by atoms with E-state index >= 15 is 0 Å². The Balaban J connectivity index is 2.19. The highest BCUT2D eigenvalue weighted by Gasteiger charge is 2.13. The van der Waals surface area contributed by atoms with Crippen LogP contribution in [-0.4, -0.2) is 11.7 Å². The lowest BCUT2D eigenvalue weighted by Gasteiger charge is -2.10. The first-order chi connectivity index (χ1) is 10.1. The molecule has 0 radical (unpaired) electrons. The lowest BCUT2D eigenvalue weighted by atomic mass is 10.1. The number of benzene rings is 2. The van der Waals surface area contributed by atoms with Gasteiger partial charge in [-0.3, -0.25) is 4.79 Å². The van der Waals surface area contributed by atoms with E-state index in [1.165, 1.54) is 0 Å². The quantitative estimate of drug-likeness (QED) is 0.619. The summed E-state index contributed by atoms with van der Waals surface area (Å²) in [4.78, 5) is 12.5. The zero-order valence-corrected chi connectivity index (χ0v) is 12.4. The summed E-state index contributed by atoms with van der Waals surface area (Å²) < 4.78 is 25.0. The fourth-order valence-corrected chi connectivity index (χ4v) is 2.52. The van der Waals surface area contributed by atoms with Crippen LogP contribution in [0.3, 0.4) is 0 Å². The van der Waals surface area contributed by atoms with Crippen LogP contribution in [0.25, 0.3) is 0 Å². The molecule has 1 amide bonds. The van der Waals surface area contributed by atoms with Crippen molar-refractivity contribution in [2.45, 2.75) is 16.5 Å². The van der Waals surface area contributed by atoms with Crippen molar-refractivity contribution >= 4 is 35.0 Å². The molecule has 2 rings (SSSR count). The molecule has 0 spiro atoms. The van der Waals surface area contributed by atoms with Gasteiger partial charge in [-0.1, -0.05) is 36.0 Å². The predicted molar refractivity (Wildman–Crippen MR) is 82.3 cm³/mol. The van der Waals surface area contributed by atoms with Gasteiger partial charge < -0.3 is 5.32 Å². The summed E-state index contributed by atoms with van der Waals surface area (Å²) in [7, 11) is 0. The Morgan fingerprint density at radius 3 is 2.67 bits per heavy atom. The van der Waals surface area contributed by atoms with Crippen LogP contribution in [0.5, 0.6) is 0 Å². The number of carbonyl (C=O) groups excluding carboxylic acids is 1. The van der Waals surface area contributed by atoms with Crippen molar-refractivity contribution in [3.05, 3.63) is 59.7 Å². The maximum absolute atomic E-state index is 12.5. The Hall–Kier alpha value is -1.59. The normalized spacial score (nSPS) is 10.7. The third kappa shape index (κ3) is 4.44. The van der Waals surface area contributed by atoms with E-state index in [0.29, 0.717) is 33.8 Å². The Kier molecular flexibility index (Phi) is 5.59. The van der Waals surface area contributed by atoms with E-state index in [1.807, 2.05) is 6.07 Å². The first kappa shape index (κ1) is 15.8. The number of hydrogen-bond acceptors (Lipinski definition) is 2. The summed E-state index contributed by atoms with van der Waals surface area (Å²) >= 11 is 6.13. The van der Waals surface area contributed by atoms with Crippen LogP contribution < -0.4 is 5.32 Å². The molecule has 0 heterocycles. The molecule has 2 aromatic rings. The molecule has 2 nitrogen and oxygen atoms in total. The molecule has 0 aliphatic heterocycles. The number of para-hydroxylation sites is 1. The van der Waals surface area contributed by atoms with E-state index in [2.05, 4.69) is 5.32 Å². The molecule has 0 saturated heterocycles. The van der Waals surface area contributed by atoms with Crippen LogP contribution in [0.15, 0.2) is 53.4 Å². The molecule has 0 fully saturated rings. The van der Waals surface area contributed by atoms with Crippen molar-refractivity contribution in [3.8, 4) is 0 Å². The van der Waals surface area contributed by atoms with Gasteiger partial charge in [-0.2, -0.15) is 8.78 Å². The van der Waals surface area contributed by atoms with Crippen molar-refractivity contribution in [1.29, 1.82) is 0 Å². The average molecular weight is 328 g/mol. The Labute approximate surface area is 130 Å². The number of alkyl halides is 3. The molecule has 0 atom stereocenters. The monoisotopic (exact) mass is 327 g/mol. The number of hydrogen-bond donors (Lipinski definition) is 1. The third-order valence-electron chi connectivity index (χ3n) is 2.69. The summed E-state index contributed by atoms with van der Waals surface area (Å²) in [6.07, 6.45) is 0. The van der Waals surface area contributed by atoms with E-state index in [1.54, 1.807) is 42.5 Å². The van der Waals surface area contributed by atoms with Crippen molar-refractivity contribution in [2.75, 3.05) is 5.32 Å². The molecule has 0 unspecified atom stereocenters. The number of carbonyl (C=O) groups is 1. The summed E-state index contributed by atoms with van der Waals surface area (Å²) in [5, 5.41) is 2.65. The van der Waals surface area contributed by atoms with Crippen molar-refractivity contribution in [3.63, 3.8) is 0 Å². The maximum atomic E-state index is 12.5. The average Bonchev–Trinajstić information content (AvgIpc) is 2.48. The number of halogens is 3. The molecule has 0 bridgehead atoms. The molecule has 2 aromatic carbocycles. The SMILES string of the molecule is O=C(Nc1ccccc1SC(F)F)c1cccc(CCl)c1. The van der Waals surface area contributed by atoms with Crippen LogP contribution in [0.4, 0.5) is 14.5 Å². The summed E-state index contributed by atoms with van der Waals surface area (Å²) in [6, 6.07) is 13.3. The second-order valence-electron chi connectivity index (χ2n) is 4.16. The Morgan fingerprint density at radius 2 is 1.95 bits per heavy atom. The van der Waals surface area contributed by atoms with Crippen LogP contribution >= 0.6 is 23.4 Å². The van der Waals surface area contributed by atoms with Gasteiger partial charge in [0.05, 0.1) is 5.69 Å². The first-order valence-corrected chi connectivity index (χ1v) is 7.51. The number of thioether (sulfide) groups is 1. The van der Waals surface area contributed by atoms with Crippen molar-refractivity contribution < 1.29 is 13.6 Å².